The lowest BCUT2D eigenvalue weighted by atomic mass is 10.2. The molecule has 0 saturated heterocycles. The Morgan fingerprint density at radius 3 is 2.28 bits per heavy atom. The molecule has 1 N–H and O–H groups in total. The number of ketones is 1. The Balaban J connectivity index is 0.00000137. The van der Waals surface area contributed by atoms with Crippen LogP contribution in [-0.4, -0.2) is 26.1 Å². The summed E-state index contributed by atoms with van der Waals surface area (Å²) in [5.74, 6) is -0.403. The number of carbonyl (C=O) groups excluding carboxylic acids is 1. The maximum Gasteiger partial charge on any atom is 0.330 e. The summed E-state index contributed by atoms with van der Waals surface area (Å²) in [4.78, 5) is 34.3. The van der Waals surface area contributed by atoms with Gasteiger partial charge in [-0.3, -0.25) is 18.7 Å². The molecule has 0 spiro atoms. The van der Waals surface area contributed by atoms with Gasteiger partial charge in [0.05, 0.1) is 18.2 Å². The van der Waals surface area contributed by atoms with Crippen molar-refractivity contribution in [1.82, 2.24) is 9.13 Å². The number of nitrogens with zero attached hydrogens (tertiary/aromatic N) is 2. The molecule has 0 bridgehead atoms. The predicted molar refractivity (Wildman–Crippen MR) is 69.0 cm³/mol. The van der Waals surface area contributed by atoms with Crippen molar-refractivity contribution < 1.29 is 9.90 Å². The molecule has 1 unspecified atom stereocenters. The highest BCUT2D eigenvalue weighted by molar-refractivity contribution is 5.93. The van der Waals surface area contributed by atoms with Crippen LogP contribution in [0.3, 0.4) is 0 Å². The van der Waals surface area contributed by atoms with Crippen LogP contribution in [0.1, 0.15) is 38.1 Å². The van der Waals surface area contributed by atoms with Crippen LogP contribution in [0.15, 0.2) is 15.8 Å². The van der Waals surface area contributed by atoms with Gasteiger partial charge in [-0.25, -0.2) is 4.79 Å². The first kappa shape index (κ1) is 16.3. The lowest BCUT2D eigenvalue weighted by Crippen LogP contribution is -2.41. The molecule has 0 aliphatic rings. The third kappa shape index (κ3) is 3.66. The van der Waals surface area contributed by atoms with E-state index in [1.54, 1.807) is 0 Å². The summed E-state index contributed by atoms with van der Waals surface area (Å²) < 4.78 is 2.02. The molecule has 0 aliphatic carbocycles. The van der Waals surface area contributed by atoms with Gasteiger partial charge in [-0.15, -0.1) is 0 Å². The van der Waals surface area contributed by atoms with Gasteiger partial charge >= 0.3 is 5.69 Å². The molecule has 0 amide bonds. The Bertz CT molecular complexity index is 526. The number of hydrogen-bond acceptors (Lipinski definition) is 4. The van der Waals surface area contributed by atoms with Gasteiger partial charge in [0.15, 0.2) is 5.78 Å². The molecule has 0 radical (unpaired) electrons. The van der Waals surface area contributed by atoms with Crippen molar-refractivity contribution in [2.45, 2.75) is 40.3 Å². The first-order chi connectivity index (χ1) is 8.34. The zero-order valence-corrected chi connectivity index (χ0v) is 11.4. The monoisotopic (exact) mass is 256 g/mol. The molecule has 1 atom stereocenters. The zero-order valence-electron chi connectivity index (χ0n) is 11.4. The van der Waals surface area contributed by atoms with Crippen molar-refractivity contribution in [3.05, 3.63) is 32.6 Å². The summed E-state index contributed by atoms with van der Waals surface area (Å²) in [5.41, 5.74) is -1.21. The number of hydrogen-bond donors (Lipinski definition) is 1. The molecule has 6 heteroatoms. The largest absolute Gasteiger partial charge is 0.392 e. The van der Waals surface area contributed by atoms with E-state index in [2.05, 4.69) is 0 Å². The molecule has 0 aromatic carbocycles. The summed E-state index contributed by atoms with van der Waals surface area (Å²) in [5, 5.41) is 9.19. The van der Waals surface area contributed by atoms with E-state index in [0.29, 0.717) is 0 Å². The molecule has 1 aromatic rings. The molecule has 0 fully saturated rings. The van der Waals surface area contributed by atoms with Crippen molar-refractivity contribution in [2.75, 3.05) is 0 Å². The smallest absolute Gasteiger partial charge is 0.330 e. The topological polar surface area (TPSA) is 81.3 Å². The summed E-state index contributed by atoms with van der Waals surface area (Å²) in [6, 6.07) is 0. The SMILES string of the molecule is CC.CC(=O)c1cn(CC(C)O)c(=O)n(C)c1=O. The van der Waals surface area contributed by atoms with Crippen LogP contribution < -0.4 is 11.2 Å². The molecule has 6 nitrogen and oxygen atoms in total. The maximum atomic E-state index is 11.6. The first-order valence-corrected chi connectivity index (χ1v) is 5.84. The van der Waals surface area contributed by atoms with Gasteiger partial charge in [0.25, 0.3) is 5.56 Å². The Kier molecular flexibility index (Phi) is 6.26. The molecule has 0 saturated carbocycles. The van der Waals surface area contributed by atoms with E-state index in [1.807, 2.05) is 13.8 Å². The predicted octanol–water partition coefficient (Wildman–Crippen LogP) is 0.157. The number of Topliss-reactive ketones (excluding diaryl/α,β-unsaturated/α-hetero) is 1. The highest BCUT2D eigenvalue weighted by atomic mass is 16.3. The van der Waals surface area contributed by atoms with E-state index in [-0.39, 0.29) is 12.1 Å². The van der Waals surface area contributed by atoms with E-state index < -0.39 is 23.1 Å². The van der Waals surface area contributed by atoms with Crippen molar-refractivity contribution in [2.24, 2.45) is 7.05 Å². The molecular weight excluding hydrogens is 236 g/mol. The molecule has 0 aliphatic heterocycles. The summed E-state index contributed by atoms with van der Waals surface area (Å²) in [6.45, 7) is 6.83. The molecule has 18 heavy (non-hydrogen) atoms. The van der Waals surface area contributed by atoms with Crippen LogP contribution in [-0.2, 0) is 13.6 Å². The molecule has 1 rings (SSSR count). The normalized spacial score (nSPS) is 11.4. The van der Waals surface area contributed by atoms with Gasteiger partial charge < -0.3 is 5.11 Å². The van der Waals surface area contributed by atoms with Gasteiger partial charge in [0, 0.05) is 13.2 Å². The number of aliphatic hydroxyl groups is 1. The van der Waals surface area contributed by atoms with E-state index in [4.69, 9.17) is 0 Å². The van der Waals surface area contributed by atoms with Crippen molar-refractivity contribution >= 4 is 5.78 Å². The fourth-order valence-corrected chi connectivity index (χ4v) is 1.38. The summed E-state index contributed by atoms with van der Waals surface area (Å²) >= 11 is 0. The van der Waals surface area contributed by atoms with Crippen LogP contribution in [0.25, 0.3) is 0 Å². The molecule has 102 valence electrons. The van der Waals surface area contributed by atoms with Gasteiger partial charge in [0.1, 0.15) is 0 Å². The maximum absolute atomic E-state index is 11.6. The van der Waals surface area contributed by atoms with Crippen LogP contribution in [0.2, 0.25) is 0 Å². The van der Waals surface area contributed by atoms with Gasteiger partial charge in [-0.1, -0.05) is 13.8 Å². The lowest BCUT2D eigenvalue weighted by Gasteiger charge is -2.10. The summed E-state index contributed by atoms with van der Waals surface area (Å²) in [6.07, 6.45) is 0.467. The number of rotatable bonds is 3. The van der Waals surface area contributed by atoms with Crippen molar-refractivity contribution in [1.29, 1.82) is 0 Å². The fraction of sp³-hybridized carbons (Fsp3) is 0.583. The Labute approximate surface area is 105 Å². The second-order valence-corrected chi connectivity index (χ2v) is 3.75. The quantitative estimate of drug-likeness (QED) is 0.781. The first-order valence-electron chi connectivity index (χ1n) is 5.84. The number of aromatic nitrogens is 2. The van der Waals surface area contributed by atoms with Crippen LogP contribution >= 0.6 is 0 Å². The van der Waals surface area contributed by atoms with Gasteiger partial charge in [-0.05, 0) is 13.8 Å². The van der Waals surface area contributed by atoms with Crippen LogP contribution in [0.4, 0.5) is 0 Å². The minimum Gasteiger partial charge on any atom is -0.392 e. The highest BCUT2D eigenvalue weighted by Crippen LogP contribution is 1.93. The highest BCUT2D eigenvalue weighted by Gasteiger charge is 2.12. The van der Waals surface area contributed by atoms with E-state index in [9.17, 15) is 19.5 Å². The Hall–Kier alpha value is -1.69. The Morgan fingerprint density at radius 1 is 1.39 bits per heavy atom. The standard InChI is InChI=1S/C10H14N2O4.C2H6/c1-6(13)4-12-5-8(7(2)14)9(15)11(3)10(12)16;1-2/h5-6,13H,4H2,1-3H3;1-2H3. The molecule has 1 heterocycles. The second-order valence-electron chi connectivity index (χ2n) is 3.75. The third-order valence-electron chi connectivity index (χ3n) is 2.19. The fourth-order valence-electron chi connectivity index (χ4n) is 1.38. The van der Waals surface area contributed by atoms with E-state index >= 15 is 0 Å². The van der Waals surface area contributed by atoms with E-state index in [0.717, 1.165) is 9.13 Å². The zero-order chi connectivity index (χ0) is 14.5. The minimum absolute atomic E-state index is 0.0488. The van der Waals surface area contributed by atoms with Gasteiger partial charge in [0.2, 0.25) is 0 Å². The van der Waals surface area contributed by atoms with Crippen LogP contribution in [0.5, 0.6) is 0 Å². The third-order valence-corrected chi connectivity index (χ3v) is 2.19. The average molecular weight is 256 g/mol. The Morgan fingerprint density at radius 2 is 1.89 bits per heavy atom. The number of aliphatic hydroxyl groups excluding tert-OH is 1. The average Bonchev–Trinajstić information content (AvgIpc) is 2.31. The molecule has 1 aromatic heterocycles. The number of carbonyl (C=O) groups is 1. The van der Waals surface area contributed by atoms with Crippen molar-refractivity contribution in [3.63, 3.8) is 0 Å². The summed E-state index contributed by atoms with van der Waals surface area (Å²) in [7, 11) is 1.30. The van der Waals surface area contributed by atoms with Gasteiger partial charge in [-0.2, -0.15) is 0 Å². The van der Waals surface area contributed by atoms with E-state index in [1.165, 1.54) is 27.1 Å². The second kappa shape index (κ2) is 6.90. The van der Waals surface area contributed by atoms with Crippen molar-refractivity contribution in [3.8, 4) is 0 Å². The van der Waals surface area contributed by atoms with Crippen LogP contribution in [0, 0.1) is 0 Å². The minimum atomic E-state index is -0.727. The lowest BCUT2D eigenvalue weighted by molar-refractivity contribution is 0.101. The molecular formula is C12H20N2O4.